The van der Waals surface area contributed by atoms with Gasteiger partial charge in [-0.15, -0.1) is 0 Å². The van der Waals surface area contributed by atoms with Gasteiger partial charge in [-0.25, -0.2) is 0 Å². The van der Waals surface area contributed by atoms with Crippen molar-refractivity contribution in [2.24, 2.45) is 0 Å². The molecule has 4 heteroatoms. The molecule has 0 radical (unpaired) electrons. The van der Waals surface area contributed by atoms with Gasteiger partial charge in [-0.1, -0.05) is 66.7 Å². The second kappa shape index (κ2) is 7.36. The van der Waals surface area contributed by atoms with Crippen LogP contribution in [-0.4, -0.2) is 19.3 Å². The molecule has 134 valence electrons. The Kier molecular flexibility index (Phi) is 5.16. The van der Waals surface area contributed by atoms with Crippen molar-refractivity contribution in [1.29, 1.82) is 0 Å². The quantitative estimate of drug-likeness (QED) is 0.699. The molecule has 1 N–H and O–H groups in total. The number of hydrogen-bond acceptors (Lipinski definition) is 3. The van der Waals surface area contributed by atoms with E-state index in [2.05, 4.69) is 0 Å². The predicted molar refractivity (Wildman–Crippen MR) is 107 cm³/mol. The summed E-state index contributed by atoms with van der Waals surface area (Å²) in [5.74, 6) is 0.760. The molecule has 0 saturated heterocycles. The summed E-state index contributed by atoms with van der Waals surface area (Å²) < 4.78 is 13.3. The molecule has 0 aliphatic rings. The van der Waals surface area contributed by atoms with Crippen LogP contribution in [0.15, 0.2) is 84.9 Å². The van der Waals surface area contributed by atoms with Crippen LogP contribution in [0.4, 0.5) is 0 Å². The molecule has 0 fully saturated rings. The third-order valence-electron chi connectivity index (χ3n) is 3.84. The van der Waals surface area contributed by atoms with E-state index in [1.54, 1.807) is 18.2 Å². The lowest BCUT2D eigenvalue weighted by Crippen LogP contribution is -2.68. The molecular weight excluding hydrogens is 340 g/mol. The van der Waals surface area contributed by atoms with Crippen molar-refractivity contribution in [3.8, 4) is 11.5 Å². The minimum absolute atomic E-state index is 0.169. The molecule has 26 heavy (non-hydrogen) atoms. The van der Waals surface area contributed by atoms with E-state index in [1.165, 1.54) is 0 Å². The summed E-state index contributed by atoms with van der Waals surface area (Å²) >= 11 is 0. The zero-order chi connectivity index (χ0) is 18.6. The first-order chi connectivity index (χ1) is 12.4. The Bertz CT molecular complexity index is 803. The molecule has 0 spiro atoms. The lowest BCUT2D eigenvalue weighted by atomic mass is 10.2. The van der Waals surface area contributed by atoms with Crippen molar-refractivity contribution in [3.63, 3.8) is 0 Å². The molecule has 0 aliphatic heterocycles. The molecule has 0 aromatic heterocycles. The fourth-order valence-electron chi connectivity index (χ4n) is 2.88. The van der Waals surface area contributed by atoms with Crippen molar-refractivity contribution in [1.82, 2.24) is 0 Å². The van der Waals surface area contributed by atoms with Crippen LogP contribution in [0, 0.1) is 0 Å². The predicted octanol–water partition coefficient (Wildman–Crippen LogP) is 3.84. The van der Waals surface area contributed by atoms with Crippen LogP contribution in [0.5, 0.6) is 11.5 Å². The van der Waals surface area contributed by atoms with Gasteiger partial charge in [0.1, 0.15) is 11.5 Å². The largest absolute Gasteiger partial charge is 0.514 e. The third kappa shape index (κ3) is 4.15. The maximum atomic E-state index is 9.88. The molecule has 3 rings (SSSR count). The summed E-state index contributed by atoms with van der Waals surface area (Å²) in [6, 6.07) is 27.0. The lowest BCUT2D eigenvalue weighted by Gasteiger charge is -2.37. The Morgan fingerprint density at radius 3 is 1.73 bits per heavy atom. The Morgan fingerprint density at radius 1 is 0.731 bits per heavy atom. The summed E-state index contributed by atoms with van der Waals surface area (Å²) in [5.41, 5.74) is -0.408. The second-order valence-electron chi connectivity index (χ2n) is 7.16. The summed E-state index contributed by atoms with van der Waals surface area (Å²) in [7, 11) is -3.06. The highest BCUT2D eigenvalue weighted by molar-refractivity contribution is 6.93. The van der Waals surface area contributed by atoms with Crippen LogP contribution < -0.4 is 14.8 Å². The highest BCUT2D eigenvalue weighted by atomic mass is 28.4. The Morgan fingerprint density at radius 2 is 1.27 bits per heavy atom. The van der Waals surface area contributed by atoms with E-state index >= 15 is 0 Å². The molecule has 0 saturated carbocycles. The third-order valence-corrected chi connectivity index (χ3v) is 7.45. The minimum atomic E-state index is -3.06. The average Bonchev–Trinajstić information content (AvgIpc) is 2.61. The lowest BCUT2D eigenvalue weighted by molar-refractivity contribution is 0.101. The van der Waals surface area contributed by atoms with Gasteiger partial charge in [-0.3, -0.25) is 0 Å². The summed E-state index contributed by atoms with van der Waals surface area (Å²) in [6.07, 6.45) is 0. The van der Waals surface area contributed by atoms with Crippen LogP contribution in [-0.2, 0) is 4.43 Å². The topological polar surface area (TPSA) is 38.7 Å². The highest BCUT2D eigenvalue weighted by Crippen LogP contribution is 2.25. The Hall–Kier alpha value is -2.56. The zero-order valence-corrected chi connectivity index (χ0v) is 16.3. The Balaban J connectivity index is 2.20. The van der Waals surface area contributed by atoms with Gasteiger partial charge in [0, 0.05) is 16.4 Å². The van der Waals surface area contributed by atoms with E-state index in [-0.39, 0.29) is 5.75 Å². The zero-order valence-electron chi connectivity index (χ0n) is 15.3. The van der Waals surface area contributed by atoms with Crippen LogP contribution in [0.2, 0.25) is 0 Å². The monoisotopic (exact) mass is 364 g/mol. The van der Waals surface area contributed by atoms with Crippen LogP contribution in [0.3, 0.4) is 0 Å². The molecule has 3 aromatic rings. The first-order valence-corrected chi connectivity index (χ1v) is 10.5. The molecule has 0 atom stereocenters. The minimum Gasteiger partial charge on any atom is -0.514 e. The molecular formula is C22H24O3Si. The molecule has 0 amide bonds. The molecule has 0 heterocycles. The first kappa shape index (κ1) is 18.2. The SMILES string of the molecule is CC(C)(C)O[Si](Oc1cccc(O)c1)(c1ccccc1)c1ccccc1. The van der Waals surface area contributed by atoms with Crippen LogP contribution >= 0.6 is 0 Å². The molecule has 0 aliphatic carbocycles. The van der Waals surface area contributed by atoms with Gasteiger partial charge in [0.2, 0.25) is 0 Å². The van der Waals surface area contributed by atoms with Gasteiger partial charge < -0.3 is 14.0 Å². The number of rotatable bonds is 5. The standard InChI is InChI=1S/C22H24O3Si/c1-22(2,3)25-26(20-13-6-4-7-14-20,21-15-8-5-9-16-21)24-19-12-10-11-18(23)17-19/h4-17,23H,1-3H3. The van der Waals surface area contributed by atoms with Crippen molar-refractivity contribution in [2.75, 3.05) is 0 Å². The van der Waals surface area contributed by atoms with Gasteiger partial charge in [0.15, 0.2) is 0 Å². The van der Waals surface area contributed by atoms with Gasteiger partial charge in [0.25, 0.3) is 0 Å². The van der Waals surface area contributed by atoms with Gasteiger partial charge in [0.05, 0.1) is 5.60 Å². The summed E-state index contributed by atoms with van der Waals surface area (Å²) in [5, 5.41) is 11.9. The number of hydrogen-bond donors (Lipinski definition) is 1. The van der Waals surface area contributed by atoms with Crippen molar-refractivity contribution >= 4 is 18.9 Å². The second-order valence-corrected chi connectivity index (χ2v) is 9.96. The maximum absolute atomic E-state index is 9.88. The normalized spacial score (nSPS) is 12.0. The average molecular weight is 365 g/mol. The molecule has 3 aromatic carbocycles. The number of phenolic OH excluding ortho intramolecular Hbond substituents is 1. The number of benzene rings is 3. The fraction of sp³-hybridized carbons (Fsp3) is 0.182. The number of aromatic hydroxyl groups is 1. The van der Waals surface area contributed by atoms with E-state index < -0.39 is 14.2 Å². The van der Waals surface area contributed by atoms with Crippen LogP contribution in [0.25, 0.3) is 0 Å². The number of phenols is 1. The van der Waals surface area contributed by atoms with Gasteiger partial charge in [-0.05, 0) is 32.9 Å². The summed E-state index contributed by atoms with van der Waals surface area (Å²) in [4.78, 5) is 0. The van der Waals surface area contributed by atoms with E-state index in [9.17, 15) is 5.11 Å². The van der Waals surface area contributed by atoms with E-state index in [0.29, 0.717) is 5.75 Å². The van der Waals surface area contributed by atoms with Crippen molar-refractivity contribution in [3.05, 3.63) is 84.9 Å². The van der Waals surface area contributed by atoms with Gasteiger partial charge >= 0.3 is 8.56 Å². The molecule has 0 unspecified atom stereocenters. The smallest absolute Gasteiger partial charge is 0.469 e. The van der Waals surface area contributed by atoms with Crippen molar-refractivity contribution < 1.29 is 14.0 Å². The van der Waals surface area contributed by atoms with E-state index in [4.69, 9.17) is 8.85 Å². The molecule has 0 bridgehead atoms. The van der Waals surface area contributed by atoms with Crippen LogP contribution in [0.1, 0.15) is 20.8 Å². The fourth-order valence-corrected chi connectivity index (χ4v) is 6.31. The first-order valence-electron chi connectivity index (χ1n) is 8.68. The highest BCUT2D eigenvalue weighted by Gasteiger charge is 2.48. The maximum Gasteiger partial charge on any atom is 0.469 e. The summed E-state index contributed by atoms with van der Waals surface area (Å²) in [6.45, 7) is 6.10. The van der Waals surface area contributed by atoms with E-state index in [1.807, 2.05) is 87.5 Å². The Labute approximate surface area is 156 Å². The molecule has 3 nitrogen and oxygen atoms in total. The van der Waals surface area contributed by atoms with Gasteiger partial charge in [-0.2, -0.15) is 0 Å². The van der Waals surface area contributed by atoms with Crippen molar-refractivity contribution in [2.45, 2.75) is 26.4 Å². The van der Waals surface area contributed by atoms with E-state index in [0.717, 1.165) is 10.4 Å².